The smallest absolute Gasteiger partial charge is 0.266 e. The number of hydrogen-bond donors (Lipinski definition) is 1. The highest BCUT2D eigenvalue weighted by Gasteiger charge is 2.37. The molecule has 4 rings (SSSR count). The molecule has 1 fully saturated rings. The van der Waals surface area contributed by atoms with Crippen LogP contribution in [0, 0.1) is 0 Å². The van der Waals surface area contributed by atoms with E-state index in [1.807, 2.05) is 4.83 Å². The number of amides is 2. The van der Waals surface area contributed by atoms with E-state index in [1.165, 1.54) is 29.1 Å². The maximum absolute atomic E-state index is 13.4. The Kier molecular flexibility index (Phi) is 6.23. The summed E-state index contributed by atoms with van der Waals surface area (Å²) in [6.07, 6.45) is -0.891. The zero-order valence-electron chi connectivity index (χ0n) is 17.1. The number of benzene rings is 2. The van der Waals surface area contributed by atoms with Gasteiger partial charge in [-0.1, -0.05) is 23.7 Å². The number of aromatic nitrogens is 2. The first-order valence-electron chi connectivity index (χ1n) is 9.38. The van der Waals surface area contributed by atoms with E-state index in [4.69, 9.17) is 11.6 Å². The zero-order valence-corrected chi connectivity index (χ0v) is 19.5. The molecular formula is C20H14ClF3N4O4S2. The van der Waals surface area contributed by atoms with E-state index in [1.54, 1.807) is 18.2 Å². The molecule has 2 heterocycles. The highest BCUT2D eigenvalue weighted by molar-refractivity contribution is 8.18. The number of rotatable bonds is 5. The number of thioether (sulfide) groups is 1. The summed E-state index contributed by atoms with van der Waals surface area (Å²) in [5, 5.41) is 4.35. The number of halogens is 4. The average molecular weight is 531 g/mol. The van der Waals surface area contributed by atoms with E-state index in [0.29, 0.717) is 33.2 Å². The van der Waals surface area contributed by atoms with Crippen LogP contribution in [-0.4, -0.2) is 40.6 Å². The van der Waals surface area contributed by atoms with E-state index >= 15 is 0 Å². The molecule has 0 atom stereocenters. The first kappa shape index (κ1) is 24.3. The second-order valence-electron chi connectivity index (χ2n) is 7.30. The van der Waals surface area contributed by atoms with Gasteiger partial charge >= 0.3 is 11.4 Å². The van der Waals surface area contributed by atoms with Crippen molar-refractivity contribution in [1.82, 2.24) is 19.6 Å². The Morgan fingerprint density at radius 1 is 1.18 bits per heavy atom. The van der Waals surface area contributed by atoms with Gasteiger partial charge in [0.15, 0.2) is 0 Å². The molecule has 178 valence electrons. The number of hydrazine groups is 1. The highest BCUT2D eigenvalue weighted by atomic mass is 35.5. The molecule has 0 bridgehead atoms. The number of hydrogen-bond acceptors (Lipinski definition) is 6. The molecule has 1 saturated heterocycles. The predicted octanol–water partition coefficient (Wildman–Crippen LogP) is 4.26. The Morgan fingerprint density at radius 2 is 1.91 bits per heavy atom. The molecule has 2 aromatic carbocycles. The monoisotopic (exact) mass is 530 g/mol. The lowest BCUT2D eigenvalue weighted by Gasteiger charge is -2.14. The lowest BCUT2D eigenvalue weighted by Crippen LogP contribution is -2.44. The minimum Gasteiger partial charge on any atom is -0.266 e. The van der Waals surface area contributed by atoms with Crippen LogP contribution in [0.1, 0.15) is 16.7 Å². The van der Waals surface area contributed by atoms with Crippen LogP contribution in [-0.2, 0) is 27.5 Å². The Bertz CT molecular complexity index is 1470. The standard InChI is InChI=1S/C20H14ClF3N4O4S2/c1-34(31,32)26-28-18(29)17(33-19(28)30)7-11-2-5-16-13(6-11)9-25-27(16)10-12-3-4-14(21)8-15(12)20(22,23)24/h2-9,26H,10H2,1H3. The van der Waals surface area contributed by atoms with Gasteiger partial charge in [-0.15, -0.1) is 4.83 Å². The molecule has 1 N–H and O–H groups in total. The number of carbonyl (C=O) groups excluding carboxylic acids is 2. The van der Waals surface area contributed by atoms with Crippen molar-refractivity contribution in [3.8, 4) is 0 Å². The van der Waals surface area contributed by atoms with Crippen LogP contribution in [0.3, 0.4) is 0 Å². The van der Waals surface area contributed by atoms with E-state index in [2.05, 4.69) is 5.10 Å². The minimum absolute atomic E-state index is 0.00183. The van der Waals surface area contributed by atoms with Gasteiger partial charge in [0.25, 0.3) is 5.91 Å². The normalized spacial score (nSPS) is 16.3. The van der Waals surface area contributed by atoms with Crippen LogP contribution in [0.5, 0.6) is 0 Å². The van der Waals surface area contributed by atoms with Gasteiger partial charge in [0.1, 0.15) is 0 Å². The summed E-state index contributed by atoms with van der Waals surface area (Å²) in [6, 6.07) is 8.41. The van der Waals surface area contributed by atoms with Crippen molar-refractivity contribution in [2.24, 2.45) is 0 Å². The van der Waals surface area contributed by atoms with Gasteiger partial charge in [0.05, 0.1) is 35.0 Å². The average Bonchev–Trinajstić information content (AvgIpc) is 3.23. The first-order chi connectivity index (χ1) is 15.8. The molecular weight excluding hydrogens is 517 g/mol. The van der Waals surface area contributed by atoms with Crippen molar-refractivity contribution in [1.29, 1.82) is 0 Å². The van der Waals surface area contributed by atoms with E-state index in [-0.39, 0.29) is 22.0 Å². The Labute approximate surface area is 200 Å². The van der Waals surface area contributed by atoms with Gasteiger partial charge in [-0.05, 0) is 53.2 Å². The third-order valence-corrected chi connectivity index (χ3v) is 6.33. The van der Waals surface area contributed by atoms with Crippen LogP contribution in [0.2, 0.25) is 5.02 Å². The van der Waals surface area contributed by atoms with Gasteiger partial charge in [-0.2, -0.15) is 23.3 Å². The van der Waals surface area contributed by atoms with Crippen molar-refractivity contribution >= 4 is 61.5 Å². The largest absolute Gasteiger partial charge is 0.416 e. The minimum atomic E-state index is -4.58. The van der Waals surface area contributed by atoms with Gasteiger partial charge in [-0.3, -0.25) is 14.3 Å². The second kappa shape index (κ2) is 8.73. The quantitative estimate of drug-likeness (QED) is 0.495. The maximum atomic E-state index is 13.4. The number of imide groups is 1. The number of fused-ring (bicyclic) bond motifs is 1. The number of sulfonamides is 1. The van der Waals surface area contributed by atoms with Crippen LogP contribution in [0.25, 0.3) is 17.0 Å². The second-order valence-corrected chi connectivity index (χ2v) is 10.5. The van der Waals surface area contributed by atoms with Crippen molar-refractivity contribution in [3.63, 3.8) is 0 Å². The maximum Gasteiger partial charge on any atom is 0.416 e. The molecule has 1 aromatic heterocycles. The fraction of sp³-hybridized carbons (Fsp3) is 0.150. The molecule has 34 heavy (non-hydrogen) atoms. The van der Waals surface area contributed by atoms with Gasteiger partial charge in [0.2, 0.25) is 10.0 Å². The van der Waals surface area contributed by atoms with Crippen LogP contribution < -0.4 is 4.83 Å². The van der Waals surface area contributed by atoms with Crippen molar-refractivity contribution in [2.75, 3.05) is 6.26 Å². The molecule has 8 nitrogen and oxygen atoms in total. The molecule has 0 radical (unpaired) electrons. The highest BCUT2D eigenvalue weighted by Crippen LogP contribution is 2.35. The molecule has 2 amide bonds. The molecule has 0 aliphatic carbocycles. The molecule has 14 heteroatoms. The van der Waals surface area contributed by atoms with Crippen LogP contribution >= 0.6 is 23.4 Å². The summed E-state index contributed by atoms with van der Waals surface area (Å²) in [5.74, 6) is -0.821. The van der Waals surface area contributed by atoms with Crippen molar-refractivity contribution in [2.45, 2.75) is 12.7 Å². The fourth-order valence-electron chi connectivity index (χ4n) is 3.30. The lowest BCUT2D eigenvalue weighted by atomic mass is 10.1. The van der Waals surface area contributed by atoms with Crippen LogP contribution in [0.15, 0.2) is 47.5 Å². The summed E-state index contributed by atoms with van der Waals surface area (Å²) < 4.78 is 64.3. The third-order valence-electron chi connectivity index (χ3n) is 4.71. The number of alkyl halides is 3. The summed E-state index contributed by atoms with van der Waals surface area (Å²) in [6.45, 7) is -0.148. The lowest BCUT2D eigenvalue weighted by molar-refractivity contribution is -0.138. The summed E-state index contributed by atoms with van der Waals surface area (Å²) in [7, 11) is -3.83. The number of nitrogens with zero attached hydrogens (tertiary/aromatic N) is 3. The fourth-order valence-corrected chi connectivity index (χ4v) is 4.81. The van der Waals surface area contributed by atoms with Crippen molar-refractivity contribution < 1.29 is 31.2 Å². The van der Waals surface area contributed by atoms with Gasteiger partial charge in [0, 0.05) is 10.4 Å². The van der Waals surface area contributed by atoms with E-state index < -0.39 is 32.9 Å². The molecule has 0 saturated carbocycles. The van der Waals surface area contributed by atoms with Crippen molar-refractivity contribution in [3.05, 3.63) is 69.2 Å². The first-order valence-corrected chi connectivity index (χ1v) is 12.5. The van der Waals surface area contributed by atoms with E-state index in [9.17, 15) is 31.2 Å². The molecule has 1 aliphatic rings. The zero-order chi connectivity index (χ0) is 24.8. The SMILES string of the molecule is CS(=O)(=O)NN1C(=O)SC(=Cc2ccc3c(cnn3Cc3ccc(Cl)cc3C(F)(F)F)c2)C1=O. The molecule has 0 unspecified atom stereocenters. The Morgan fingerprint density at radius 3 is 2.59 bits per heavy atom. The molecule has 1 aliphatic heterocycles. The molecule has 0 spiro atoms. The van der Waals surface area contributed by atoms with E-state index in [0.717, 1.165) is 12.3 Å². The predicted molar refractivity (Wildman–Crippen MR) is 121 cm³/mol. The molecule has 3 aromatic rings. The number of carbonyl (C=O) groups is 2. The summed E-state index contributed by atoms with van der Waals surface area (Å²) >= 11 is 6.30. The summed E-state index contributed by atoms with van der Waals surface area (Å²) in [4.78, 5) is 26.2. The van der Waals surface area contributed by atoms with Crippen LogP contribution in [0.4, 0.5) is 18.0 Å². The van der Waals surface area contributed by atoms with Gasteiger partial charge < -0.3 is 0 Å². The number of nitrogens with one attached hydrogen (secondary N) is 1. The Hall–Kier alpha value is -2.87. The summed E-state index contributed by atoms with van der Waals surface area (Å²) in [5.41, 5.74) is 0.211. The third kappa shape index (κ3) is 5.12. The Balaban J connectivity index is 1.62. The topological polar surface area (TPSA) is 101 Å². The van der Waals surface area contributed by atoms with Gasteiger partial charge in [-0.25, -0.2) is 8.42 Å².